The molecule has 0 aliphatic heterocycles. The predicted octanol–water partition coefficient (Wildman–Crippen LogP) is 2.95. The zero-order valence-corrected chi connectivity index (χ0v) is 15.8. The number of carbonyl (C=O) groups is 3. The molecule has 1 aromatic carbocycles. The van der Waals surface area contributed by atoms with Crippen molar-refractivity contribution in [2.45, 2.75) is 33.5 Å². The summed E-state index contributed by atoms with van der Waals surface area (Å²) in [7, 11) is 0. The van der Waals surface area contributed by atoms with Gasteiger partial charge in [-0.05, 0) is 12.1 Å². The summed E-state index contributed by atoms with van der Waals surface area (Å²) in [6.07, 6.45) is -0.908. The van der Waals surface area contributed by atoms with Gasteiger partial charge in [0.1, 0.15) is 18.9 Å². The molecule has 0 spiro atoms. The number of aromatic nitrogens is 2. The van der Waals surface area contributed by atoms with Crippen molar-refractivity contribution in [2.75, 3.05) is 6.61 Å². The van der Waals surface area contributed by atoms with Crippen LogP contribution in [-0.2, 0) is 35.2 Å². The number of H-pyrrole nitrogens is 1. The third kappa shape index (κ3) is 4.28. The van der Waals surface area contributed by atoms with Crippen LogP contribution in [0.2, 0.25) is 0 Å². The molecule has 2 aromatic heterocycles. The largest absolute Gasteiger partial charge is 0.461 e. The highest BCUT2D eigenvalue weighted by Crippen LogP contribution is 2.32. The van der Waals surface area contributed by atoms with Crippen molar-refractivity contribution in [3.8, 4) is 0 Å². The number of carbonyl (C=O) groups excluding carboxylic acids is 3. The van der Waals surface area contributed by atoms with Gasteiger partial charge in [0, 0.05) is 37.1 Å². The van der Waals surface area contributed by atoms with Crippen LogP contribution >= 0.6 is 0 Å². The number of para-hydroxylation sites is 1. The van der Waals surface area contributed by atoms with E-state index in [-0.39, 0.29) is 13.2 Å². The summed E-state index contributed by atoms with van der Waals surface area (Å²) >= 11 is 0. The fraction of sp³-hybridized carbons (Fsp3) is 0.300. The number of hydrogen-bond acceptors (Lipinski definition) is 7. The molecule has 1 N–H and O–H groups in total. The Bertz CT molecular complexity index is 1060. The smallest absolute Gasteiger partial charge is 0.303 e. The van der Waals surface area contributed by atoms with Crippen LogP contribution in [0.3, 0.4) is 0 Å². The Hall–Kier alpha value is -3.42. The van der Waals surface area contributed by atoms with Gasteiger partial charge in [-0.2, -0.15) is 0 Å². The van der Waals surface area contributed by atoms with Crippen LogP contribution in [0.5, 0.6) is 0 Å². The number of nitrogens with zero attached hydrogens (tertiary/aromatic N) is 1. The zero-order chi connectivity index (χ0) is 20.3. The molecule has 0 saturated heterocycles. The van der Waals surface area contributed by atoms with E-state index in [0.717, 1.165) is 16.3 Å². The number of ether oxygens (including phenoxy) is 3. The van der Waals surface area contributed by atoms with E-state index in [2.05, 4.69) is 9.97 Å². The Kier molecular flexibility index (Phi) is 5.58. The van der Waals surface area contributed by atoms with Crippen molar-refractivity contribution in [3.63, 3.8) is 0 Å². The van der Waals surface area contributed by atoms with Gasteiger partial charge < -0.3 is 19.2 Å². The molecule has 0 unspecified atom stereocenters. The first-order valence-corrected chi connectivity index (χ1v) is 8.69. The molecule has 3 aromatic rings. The molecule has 28 heavy (non-hydrogen) atoms. The van der Waals surface area contributed by atoms with Crippen LogP contribution in [-0.4, -0.2) is 34.5 Å². The third-order valence-corrected chi connectivity index (χ3v) is 4.05. The van der Waals surface area contributed by atoms with Gasteiger partial charge in [0.2, 0.25) is 0 Å². The lowest BCUT2D eigenvalue weighted by molar-refractivity contribution is -0.156. The lowest BCUT2D eigenvalue weighted by atomic mass is 10.1. The van der Waals surface area contributed by atoms with Gasteiger partial charge in [0.25, 0.3) is 0 Å². The average molecular weight is 384 g/mol. The second kappa shape index (κ2) is 8.08. The van der Waals surface area contributed by atoms with E-state index in [4.69, 9.17) is 14.2 Å². The maximum absolute atomic E-state index is 11.6. The number of rotatable bonds is 6. The summed E-state index contributed by atoms with van der Waals surface area (Å²) in [5.74, 6) is -1.46. The molecule has 146 valence electrons. The Morgan fingerprint density at radius 2 is 1.71 bits per heavy atom. The molecular weight excluding hydrogens is 364 g/mol. The van der Waals surface area contributed by atoms with Gasteiger partial charge in [-0.15, -0.1) is 0 Å². The van der Waals surface area contributed by atoms with Crippen LogP contribution in [0, 0.1) is 0 Å². The molecule has 8 heteroatoms. The van der Waals surface area contributed by atoms with Gasteiger partial charge in [-0.25, -0.2) is 4.98 Å². The summed E-state index contributed by atoms with van der Waals surface area (Å²) in [5, 5.41) is 1.78. The van der Waals surface area contributed by atoms with Crippen molar-refractivity contribution in [3.05, 3.63) is 41.7 Å². The lowest BCUT2D eigenvalue weighted by Gasteiger charge is -2.18. The van der Waals surface area contributed by atoms with E-state index in [1.165, 1.54) is 20.8 Å². The second-order valence-corrected chi connectivity index (χ2v) is 6.27. The number of pyridine rings is 1. The molecule has 0 radical (unpaired) electrons. The van der Waals surface area contributed by atoms with Crippen molar-refractivity contribution in [2.24, 2.45) is 0 Å². The quantitative estimate of drug-likeness (QED) is 0.514. The third-order valence-electron chi connectivity index (χ3n) is 4.05. The topological polar surface area (TPSA) is 108 Å². The van der Waals surface area contributed by atoms with Crippen molar-refractivity contribution in [1.29, 1.82) is 0 Å². The van der Waals surface area contributed by atoms with Gasteiger partial charge in [-0.3, -0.25) is 14.4 Å². The summed E-state index contributed by atoms with van der Waals surface area (Å²) < 4.78 is 15.5. The Balaban J connectivity index is 2.16. The molecule has 0 saturated carbocycles. The number of esters is 3. The van der Waals surface area contributed by atoms with Gasteiger partial charge in [-0.1, -0.05) is 18.2 Å². The fourth-order valence-electron chi connectivity index (χ4n) is 2.97. The van der Waals surface area contributed by atoms with Crippen molar-refractivity contribution >= 4 is 39.7 Å². The molecule has 0 bridgehead atoms. The lowest BCUT2D eigenvalue weighted by Crippen LogP contribution is -2.18. The molecule has 0 aliphatic carbocycles. The summed E-state index contributed by atoms with van der Waals surface area (Å²) in [4.78, 5) is 41.9. The minimum absolute atomic E-state index is 0.0296. The Morgan fingerprint density at radius 1 is 1.00 bits per heavy atom. The van der Waals surface area contributed by atoms with Crippen LogP contribution in [0.25, 0.3) is 21.8 Å². The van der Waals surface area contributed by atoms with Gasteiger partial charge >= 0.3 is 17.9 Å². The number of hydrogen-bond donors (Lipinski definition) is 1. The first-order valence-electron chi connectivity index (χ1n) is 8.69. The second-order valence-electron chi connectivity index (χ2n) is 6.27. The first kappa shape index (κ1) is 19.3. The zero-order valence-electron chi connectivity index (χ0n) is 15.8. The molecule has 1 atom stereocenters. The summed E-state index contributed by atoms with van der Waals surface area (Å²) in [5.41, 5.74) is 2.42. The SMILES string of the molecule is CC(=O)OCc1cc2c([nH]c3ccccc32)c([C@H](COC(C)=O)OC(C)=O)n1. The summed E-state index contributed by atoms with van der Waals surface area (Å²) in [6, 6.07) is 9.48. The van der Waals surface area contributed by atoms with Crippen molar-refractivity contribution < 1.29 is 28.6 Å². The van der Waals surface area contributed by atoms with E-state index in [0.29, 0.717) is 16.9 Å². The number of fused-ring (bicyclic) bond motifs is 3. The fourth-order valence-corrected chi connectivity index (χ4v) is 2.97. The average Bonchev–Trinajstić information content (AvgIpc) is 3.01. The highest BCUT2D eigenvalue weighted by molar-refractivity contribution is 6.08. The van der Waals surface area contributed by atoms with Crippen LogP contribution in [0.1, 0.15) is 38.3 Å². The van der Waals surface area contributed by atoms with Crippen molar-refractivity contribution in [1.82, 2.24) is 9.97 Å². The monoisotopic (exact) mass is 384 g/mol. The van der Waals surface area contributed by atoms with E-state index in [1.807, 2.05) is 30.3 Å². The molecule has 3 rings (SSSR count). The van der Waals surface area contributed by atoms with E-state index in [1.54, 1.807) is 0 Å². The van der Waals surface area contributed by atoms with E-state index in [9.17, 15) is 14.4 Å². The number of aromatic amines is 1. The normalized spacial score (nSPS) is 12.0. The van der Waals surface area contributed by atoms with Crippen LogP contribution in [0.15, 0.2) is 30.3 Å². The van der Waals surface area contributed by atoms with E-state index >= 15 is 0 Å². The predicted molar refractivity (Wildman–Crippen MR) is 100 cm³/mol. The maximum Gasteiger partial charge on any atom is 0.303 e. The molecule has 0 amide bonds. The minimum Gasteiger partial charge on any atom is -0.461 e. The standard InChI is InChI=1S/C20H20N2O6/c1-11(23)26-9-14-8-16-15-6-4-5-7-17(15)22-19(16)20(21-14)18(28-13(3)25)10-27-12(2)24/h4-8,18,22H,9-10H2,1-3H3/t18-/m0/s1. The number of nitrogens with one attached hydrogen (secondary N) is 1. The van der Waals surface area contributed by atoms with Gasteiger partial charge in [0.05, 0.1) is 11.2 Å². The molecule has 2 heterocycles. The van der Waals surface area contributed by atoms with E-state index < -0.39 is 24.0 Å². The van der Waals surface area contributed by atoms with Gasteiger partial charge in [0.15, 0.2) is 6.10 Å². The number of benzene rings is 1. The Morgan fingerprint density at radius 3 is 2.39 bits per heavy atom. The maximum atomic E-state index is 11.6. The molecule has 0 fully saturated rings. The minimum atomic E-state index is -0.908. The first-order chi connectivity index (χ1) is 13.3. The molecule has 8 nitrogen and oxygen atoms in total. The highest BCUT2D eigenvalue weighted by Gasteiger charge is 2.24. The molecular formula is C20H20N2O6. The highest BCUT2D eigenvalue weighted by atomic mass is 16.6. The van der Waals surface area contributed by atoms with Crippen LogP contribution in [0.4, 0.5) is 0 Å². The Labute approximate surface area is 160 Å². The molecule has 0 aliphatic rings. The van der Waals surface area contributed by atoms with Crippen LogP contribution < -0.4 is 0 Å². The summed E-state index contributed by atoms with van der Waals surface area (Å²) in [6.45, 7) is 3.65.